The van der Waals surface area contributed by atoms with Gasteiger partial charge >= 0.3 is 0 Å². The van der Waals surface area contributed by atoms with Crippen LogP contribution in [0.2, 0.25) is 0 Å². The van der Waals surface area contributed by atoms with Gasteiger partial charge in [0.25, 0.3) is 0 Å². The molecule has 0 saturated heterocycles. The number of nitrogens with two attached hydrogens (primary N) is 1. The number of rotatable bonds is 4. The van der Waals surface area contributed by atoms with E-state index in [0.717, 1.165) is 32.2 Å². The topological polar surface area (TPSA) is 55.1 Å². The molecule has 104 valence electrons. The second-order valence-corrected chi connectivity index (χ2v) is 6.26. The molecule has 0 unspecified atom stereocenters. The molecule has 2 aliphatic rings. The molecule has 3 N–H and O–H groups in total. The lowest BCUT2D eigenvalue weighted by atomic mass is 9.73. The maximum Gasteiger partial charge on any atom is 0.227 e. The quantitative estimate of drug-likeness (QED) is 0.808. The molecule has 2 fully saturated rings. The molecule has 3 heteroatoms. The standard InChI is InChI=1S/C15H28N2O/c16-12-15(9-5-2-6-10-15)14(18)17-11-13-7-3-1-4-8-13/h13H,1-12,16H2,(H,17,18). The molecule has 0 bridgehead atoms. The summed E-state index contributed by atoms with van der Waals surface area (Å²) in [5.41, 5.74) is 5.64. The van der Waals surface area contributed by atoms with Crippen molar-refractivity contribution in [3.63, 3.8) is 0 Å². The Morgan fingerprint density at radius 2 is 1.67 bits per heavy atom. The zero-order chi connectivity index (χ0) is 12.8. The van der Waals surface area contributed by atoms with Gasteiger partial charge in [0.1, 0.15) is 0 Å². The van der Waals surface area contributed by atoms with E-state index >= 15 is 0 Å². The van der Waals surface area contributed by atoms with Crippen LogP contribution >= 0.6 is 0 Å². The lowest BCUT2D eigenvalue weighted by molar-refractivity contribution is -0.132. The van der Waals surface area contributed by atoms with Gasteiger partial charge in [0.2, 0.25) is 5.91 Å². The van der Waals surface area contributed by atoms with Gasteiger partial charge in [-0.25, -0.2) is 0 Å². The summed E-state index contributed by atoms with van der Waals surface area (Å²) in [5, 5.41) is 3.19. The van der Waals surface area contributed by atoms with E-state index < -0.39 is 0 Å². The summed E-state index contributed by atoms with van der Waals surface area (Å²) in [7, 11) is 0. The van der Waals surface area contributed by atoms with Gasteiger partial charge in [0.15, 0.2) is 0 Å². The number of hydrogen-bond acceptors (Lipinski definition) is 2. The predicted molar refractivity (Wildman–Crippen MR) is 74.2 cm³/mol. The van der Waals surface area contributed by atoms with Crippen LogP contribution in [-0.4, -0.2) is 19.0 Å². The van der Waals surface area contributed by atoms with Gasteiger partial charge in [0.05, 0.1) is 5.41 Å². The van der Waals surface area contributed by atoms with Crippen LogP contribution in [0.3, 0.4) is 0 Å². The SMILES string of the molecule is NCC1(C(=O)NCC2CCCCC2)CCCCC1. The van der Waals surface area contributed by atoms with Gasteiger partial charge in [-0.3, -0.25) is 4.79 Å². The summed E-state index contributed by atoms with van der Waals surface area (Å²) < 4.78 is 0. The van der Waals surface area contributed by atoms with E-state index in [4.69, 9.17) is 5.73 Å². The third-order valence-corrected chi connectivity index (χ3v) is 4.96. The van der Waals surface area contributed by atoms with Gasteiger partial charge in [-0.15, -0.1) is 0 Å². The van der Waals surface area contributed by atoms with Crippen LogP contribution in [0, 0.1) is 11.3 Å². The molecule has 0 radical (unpaired) electrons. The summed E-state index contributed by atoms with van der Waals surface area (Å²) in [6.07, 6.45) is 12.2. The van der Waals surface area contributed by atoms with Gasteiger partial charge in [-0.1, -0.05) is 38.5 Å². The molecule has 2 saturated carbocycles. The zero-order valence-corrected chi connectivity index (χ0v) is 11.5. The number of hydrogen-bond donors (Lipinski definition) is 2. The van der Waals surface area contributed by atoms with Crippen molar-refractivity contribution in [2.75, 3.05) is 13.1 Å². The molecular formula is C15H28N2O. The Kier molecular flexibility index (Phi) is 5.04. The first-order valence-corrected chi connectivity index (χ1v) is 7.75. The molecule has 0 aromatic heterocycles. The van der Waals surface area contributed by atoms with Crippen LogP contribution in [0.15, 0.2) is 0 Å². The van der Waals surface area contributed by atoms with Crippen LogP contribution in [0.4, 0.5) is 0 Å². The molecule has 0 aliphatic heterocycles. The van der Waals surface area contributed by atoms with Crippen molar-refractivity contribution in [3.05, 3.63) is 0 Å². The first-order chi connectivity index (χ1) is 8.77. The maximum atomic E-state index is 12.4. The van der Waals surface area contributed by atoms with E-state index in [-0.39, 0.29) is 11.3 Å². The van der Waals surface area contributed by atoms with Crippen molar-refractivity contribution in [2.24, 2.45) is 17.1 Å². The molecular weight excluding hydrogens is 224 g/mol. The van der Waals surface area contributed by atoms with Gasteiger partial charge in [-0.05, 0) is 31.6 Å². The third kappa shape index (κ3) is 3.25. The van der Waals surface area contributed by atoms with E-state index in [1.54, 1.807) is 0 Å². The minimum absolute atomic E-state index is 0.232. The average molecular weight is 252 g/mol. The summed E-state index contributed by atoms with van der Waals surface area (Å²) in [5.74, 6) is 0.941. The van der Waals surface area contributed by atoms with Crippen LogP contribution in [-0.2, 0) is 4.79 Å². The number of carbonyl (C=O) groups excluding carboxylic acids is 1. The highest BCUT2D eigenvalue weighted by molar-refractivity contribution is 5.83. The van der Waals surface area contributed by atoms with Crippen molar-refractivity contribution in [3.8, 4) is 0 Å². The fourth-order valence-corrected chi connectivity index (χ4v) is 3.57. The van der Waals surface area contributed by atoms with Crippen molar-refractivity contribution in [2.45, 2.75) is 64.2 Å². The lowest BCUT2D eigenvalue weighted by Crippen LogP contribution is -2.48. The highest BCUT2D eigenvalue weighted by Crippen LogP contribution is 2.35. The molecule has 0 atom stereocenters. The smallest absolute Gasteiger partial charge is 0.227 e. The van der Waals surface area contributed by atoms with E-state index in [0.29, 0.717) is 12.5 Å². The van der Waals surface area contributed by atoms with Gasteiger partial charge in [-0.2, -0.15) is 0 Å². The molecule has 0 heterocycles. The maximum absolute atomic E-state index is 12.4. The normalized spacial score (nSPS) is 24.7. The lowest BCUT2D eigenvalue weighted by Gasteiger charge is -2.35. The van der Waals surface area contributed by atoms with Crippen molar-refractivity contribution in [1.29, 1.82) is 0 Å². The second kappa shape index (κ2) is 6.55. The summed E-state index contributed by atoms with van der Waals surface area (Å²) >= 11 is 0. The molecule has 18 heavy (non-hydrogen) atoms. The van der Waals surface area contributed by atoms with E-state index in [2.05, 4.69) is 5.32 Å². The molecule has 0 aromatic rings. The average Bonchev–Trinajstić information content (AvgIpc) is 2.46. The fourth-order valence-electron chi connectivity index (χ4n) is 3.57. The van der Waals surface area contributed by atoms with E-state index in [9.17, 15) is 4.79 Å². The largest absolute Gasteiger partial charge is 0.355 e. The highest BCUT2D eigenvalue weighted by atomic mass is 16.2. The minimum atomic E-state index is -0.243. The van der Waals surface area contributed by atoms with Crippen molar-refractivity contribution < 1.29 is 4.79 Å². The molecule has 2 rings (SSSR count). The monoisotopic (exact) mass is 252 g/mol. The van der Waals surface area contributed by atoms with E-state index in [1.807, 2.05) is 0 Å². The Morgan fingerprint density at radius 3 is 2.28 bits per heavy atom. The van der Waals surface area contributed by atoms with Crippen molar-refractivity contribution >= 4 is 5.91 Å². The predicted octanol–water partition coefficient (Wildman–Crippen LogP) is 2.59. The number of nitrogens with one attached hydrogen (secondary N) is 1. The molecule has 0 aromatic carbocycles. The van der Waals surface area contributed by atoms with Crippen molar-refractivity contribution in [1.82, 2.24) is 5.32 Å². The molecule has 1 amide bonds. The minimum Gasteiger partial charge on any atom is -0.355 e. The zero-order valence-electron chi connectivity index (χ0n) is 11.5. The van der Waals surface area contributed by atoms with Gasteiger partial charge in [0, 0.05) is 13.1 Å². The highest BCUT2D eigenvalue weighted by Gasteiger charge is 2.38. The van der Waals surface area contributed by atoms with Crippen LogP contribution < -0.4 is 11.1 Å². The molecule has 0 spiro atoms. The van der Waals surface area contributed by atoms with Crippen LogP contribution in [0.25, 0.3) is 0 Å². The summed E-state index contributed by atoms with van der Waals surface area (Å²) in [4.78, 5) is 12.4. The third-order valence-electron chi connectivity index (χ3n) is 4.96. The second-order valence-electron chi connectivity index (χ2n) is 6.26. The Bertz CT molecular complexity index is 266. The van der Waals surface area contributed by atoms with Gasteiger partial charge < -0.3 is 11.1 Å². The molecule has 3 nitrogen and oxygen atoms in total. The van der Waals surface area contributed by atoms with Crippen LogP contribution in [0.1, 0.15) is 64.2 Å². The summed E-state index contributed by atoms with van der Waals surface area (Å²) in [6.45, 7) is 1.39. The fraction of sp³-hybridized carbons (Fsp3) is 0.933. The Hall–Kier alpha value is -0.570. The van der Waals surface area contributed by atoms with Crippen LogP contribution in [0.5, 0.6) is 0 Å². The Labute approximate surface area is 111 Å². The molecule has 2 aliphatic carbocycles. The first kappa shape index (κ1) is 13.9. The first-order valence-electron chi connectivity index (χ1n) is 7.75. The number of amides is 1. The summed E-state index contributed by atoms with van der Waals surface area (Å²) in [6, 6.07) is 0. The Balaban J connectivity index is 1.81. The number of carbonyl (C=O) groups is 1. The Morgan fingerprint density at radius 1 is 1.06 bits per heavy atom. The van der Waals surface area contributed by atoms with E-state index in [1.165, 1.54) is 38.5 Å².